The Labute approximate surface area is 134 Å². The number of rotatable bonds is 4. The molecule has 2 aromatic heterocycles. The minimum Gasteiger partial charge on any atom is -0.465 e. The molecule has 0 radical (unpaired) electrons. The average Bonchev–Trinajstić information content (AvgIpc) is 2.96. The molecule has 0 unspecified atom stereocenters. The Bertz CT molecular complexity index is 661. The predicted molar refractivity (Wildman–Crippen MR) is 85.1 cm³/mol. The van der Waals surface area contributed by atoms with E-state index in [4.69, 9.17) is 5.11 Å². The summed E-state index contributed by atoms with van der Waals surface area (Å²) in [6.07, 6.45) is 9.67. The lowest BCUT2D eigenvalue weighted by Gasteiger charge is -2.29. The zero-order chi connectivity index (χ0) is 16.2. The van der Waals surface area contributed by atoms with Crippen LogP contribution in [0.3, 0.4) is 0 Å². The van der Waals surface area contributed by atoms with E-state index in [1.165, 1.54) is 0 Å². The van der Waals surface area contributed by atoms with E-state index in [1.54, 1.807) is 23.3 Å². The molecule has 8 heteroatoms. The van der Waals surface area contributed by atoms with Gasteiger partial charge >= 0.3 is 6.09 Å². The van der Waals surface area contributed by atoms with Gasteiger partial charge in [-0.1, -0.05) is 0 Å². The van der Waals surface area contributed by atoms with Crippen LogP contribution in [-0.2, 0) is 7.05 Å². The van der Waals surface area contributed by atoms with Crippen LogP contribution < -0.4 is 10.6 Å². The predicted octanol–water partition coefficient (Wildman–Crippen LogP) is 1.87. The molecule has 0 aromatic carbocycles. The Hall–Kier alpha value is -2.64. The fraction of sp³-hybridized carbons (Fsp3) is 0.467. The molecule has 2 heterocycles. The minimum absolute atomic E-state index is 0.0598. The lowest BCUT2D eigenvalue weighted by atomic mass is 9.91. The summed E-state index contributed by atoms with van der Waals surface area (Å²) in [6.45, 7) is 0. The van der Waals surface area contributed by atoms with Gasteiger partial charge in [-0.15, -0.1) is 0 Å². The molecule has 1 aliphatic carbocycles. The third kappa shape index (κ3) is 3.97. The third-order valence-corrected chi connectivity index (χ3v) is 4.06. The van der Waals surface area contributed by atoms with Crippen molar-refractivity contribution in [2.75, 3.05) is 5.32 Å². The first-order chi connectivity index (χ1) is 11.1. The van der Waals surface area contributed by atoms with Crippen LogP contribution in [-0.4, -0.2) is 43.0 Å². The zero-order valence-corrected chi connectivity index (χ0v) is 12.9. The summed E-state index contributed by atoms with van der Waals surface area (Å²) in [5, 5.41) is 18.8. The highest BCUT2D eigenvalue weighted by molar-refractivity contribution is 5.64. The van der Waals surface area contributed by atoms with Crippen LogP contribution in [0.5, 0.6) is 0 Å². The number of amides is 1. The van der Waals surface area contributed by atoms with Crippen LogP contribution in [0.4, 0.5) is 10.6 Å². The van der Waals surface area contributed by atoms with Crippen LogP contribution in [0.25, 0.3) is 11.3 Å². The minimum atomic E-state index is -0.946. The largest absolute Gasteiger partial charge is 0.465 e. The molecular formula is C15H20N6O2. The maximum absolute atomic E-state index is 10.6. The van der Waals surface area contributed by atoms with Gasteiger partial charge in [-0.2, -0.15) is 5.10 Å². The zero-order valence-electron chi connectivity index (χ0n) is 12.9. The number of aromatic nitrogens is 4. The molecule has 0 saturated heterocycles. The molecule has 1 fully saturated rings. The van der Waals surface area contributed by atoms with Gasteiger partial charge in [0.2, 0.25) is 0 Å². The van der Waals surface area contributed by atoms with Gasteiger partial charge in [-0.3, -0.25) is 9.67 Å². The Morgan fingerprint density at radius 1 is 1.17 bits per heavy atom. The highest BCUT2D eigenvalue weighted by atomic mass is 16.4. The smallest absolute Gasteiger partial charge is 0.404 e. The van der Waals surface area contributed by atoms with E-state index in [0.29, 0.717) is 6.04 Å². The fourth-order valence-corrected chi connectivity index (χ4v) is 2.87. The molecule has 0 bridgehead atoms. The van der Waals surface area contributed by atoms with E-state index in [0.717, 1.165) is 42.8 Å². The second-order valence-electron chi connectivity index (χ2n) is 5.83. The Morgan fingerprint density at radius 2 is 1.91 bits per heavy atom. The maximum Gasteiger partial charge on any atom is 0.404 e. The molecule has 3 rings (SSSR count). The second-order valence-corrected chi connectivity index (χ2v) is 5.83. The quantitative estimate of drug-likeness (QED) is 0.795. The summed E-state index contributed by atoms with van der Waals surface area (Å²) in [7, 11) is 1.86. The van der Waals surface area contributed by atoms with Gasteiger partial charge in [0.1, 0.15) is 5.82 Å². The molecule has 23 heavy (non-hydrogen) atoms. The highest BCUT2D eigenvalue weighted by Gasteiger charge is 2.22. The molecule has 3 N–H and O–H groups in total. The molecule has 2 aromatic rings. The normalized spacial score (nSPS) is 20.9. The lowest BCUT2D eigenvalue weighted by molar-refractivity contribution is 0.185. The number of hydrogen-bond acceptors (Lipinski definition) is 5. The number of hydrogen-bond donors (Lipinski definition) is 3. The Kier molecular flexibility index (Phi) is 4.40. The SMILES string of the molecule is Cn1cc(-c2cnc(NC3CCC(NC(=O)O)CC3)cn2)cn1. The van der Waals surface area contributed by atoms with Crippen molar-refractivity contribution in [3.05, 3.63) is 24.8 Å². The van der Waals surface area contributed by atoms with Crippen LogP contribution in [0, 0.1) is 0 Å². The van der Waals surface area contributed by atoms with Crippen molar-refractivity contribution in [1.82, 2.24) is 25.1 Å². The molecule has 1 aliphatic rings. The van der Waals surface area contributed by atoms with Gasteiger partial charge in [0.15, 0.2) is 0 Å². The standard InChI is InChI=1S/C15H20N6O2/c1-21-9-10(6-18-21)13-7-17-14(8-16-13)19-11-2-4-12(5-3-11)20-15(22)23/h6-9,11-12,20H,2-5H2,1H3,(H,17,19)(H,22,23). The van der Waals surface area contributed by atoms with Crippen molar-refractivity contribution >= 4 is 11.9 Å². The molecule has 0 spiro atoms. The first-order valence-electron chi connectivity index (χ1n) is 7.67. The van der Waals surface area contributed by atoms with Crippen molar-refractivity contribution < 1.29 is 9.90 Å². The van der Waals surface area contributed by atoms with Gasteiger partial charge < -0.3 is 15.7 Å². The summed E-state index contributed by atoms with van der Waals surface area (Å²) in [4.78, 5) is 19.5. The number of nitrogens with zero attached hydrogens (tertiary/aromatic N) is 4. The Balaban J connectivity index is 1.54. The van der Waals surface area contributed by atoms with Gasteiger partial charge in [0, 0.05) is 30.9 Å². The lowest BCUT2D eigenvalue weighted by Crippen LogP contribution is -2.39. The number of aryl methyl sites for hydroxylation is 1. The van der Waals surface area contributed by atoms with E-state index in [2.05, 4.69) is 25.7 Å². The summed E-state index contributed by atoms with van der Waals surface area (Å²) in [5.74, 6) is 0.743. The van der Waals surface area contributed by atoms with E-state index in [1.807, 2.05) is 13.2 Å². The van der Waals surface area contributed by atoms with Crippen molar-refractivity contribution in [2.24, 2.45) is 7.05 Å². The number of carboxylic acid groups (broad SMARTS) is 1. The van der Waals surface area contributed by atoms with Crippen molar-refractivity contribution in [2.45, 2.75) is 37.8 Å². The van der Waals surface area contributed by atoms with Gasteiger partial charge in [-0.25, -0.2) is 9.78 Å². The molecule has 122 valence electrons. The van der Waals surface area contributed by atoms with E-state index >= 15 is 0 Å². The molecule has 0 atom stereocenters. The van der Waals surface area contributed by atoms with Crippen LogP contribution in [0.1, 0.15) is 25.7 Å². The van der Waals surface area contributed by atoms with Gasteiger partial charge in [-0.05, 0) is 25.7 Å². The summed E-state index contributed by atoms with van der Waals surface area (Å²) in [6, 6.07) is 0.366. The van der Waals surface area contributed by atoms with Crippen LogP contribution in [0.2, 0.25) is 0 Å². The molecular weight excluding hydrogens is 296 g/mol. The summed E-state index contributed by atoms with van der Waals surface area (Å²) < 4.78 is 1.73. The first-order valence-corrected chi connectivity index (χ1v) is 7.67. The van der Waals surface area contributed by atoms with Crippen LogP contribution >= 0.6 is 0 Å². The monoisotopic (exact) mass is 316 g/mol. The van der Waals surface area contributed by atoms with E-state index in [-0.39, 0.29) is 6.04 Å². The fourth-order valence-electron chi connectivity index (χ4n) is 2.87. The maximum atomic E-state index is 10.6. The summed E-state index contributed by atoms with van der Waals surface area (Å²) >= 11 is 0. The number of carbonyl (C=O) groups is 1. The Morgan fingerprint density at radius 3 is 2.48 bits per heavy atom. The van der Waals surface area contributed by atoms with Gasteiger partial charge in [0.25, 0.3) is 0 Å². The first kappa shape index (κ1) is 15.3. The van der Waals surface area contributed by atoms with Crippen molar-refractivity contribution in [3.8, 4) is 11.3 Å². The molecule has 1 saturated carbocycles. The van der Waals surface area contributed by atoms with Crippen LogP contribution in [0.15, 0.2) is 24.8 Å². The number of nitrogens with one attached hydrogen (secondary N) is 2. The van der Waals surface area contributed by atoms with E-state index in [9.17, 15) is 4.79 Å². The molecule has 1 amide bonds. The van der Waals surface area contributed by atoms with Gasteiger partial charge in [0.05, 0.1) is 24.3 Å². The highest BCUT2D eigenvalue weighted by Crippen LogP contribution is 2.22. The van der Waals surface area contributed by atoms with Crippen molar-refractivity contribution in [1.29, 1.82) is 0 Å². The number of anilines is 1. The van der Waals surface area contributed by atoms with Crippen molar-refractivity contribution in [3.63, 3.8) is 0 Å². The molecule has 8 nitrogen and oxygen atoms in total. The van der Waals surface area contributed by atoms with E-state index < -0.39 is 6.09 Å². The second kappa shape index (κ2) is 6.64. The average molecular weight is 316 g/mol. The topological polar surface area (TPSA) is 105 Å². The third-order valence-electron chi connectivity index (χ3n) is 4.06. The summed E-state index contributed by atoms with van der Waals surface area (Å²) in [5.41, 5.74) is 1.73. The molecule has 0 aliphatic heterocycles.